The van der Waals surface area contributed by atoms with Gasteiger partial charge in [0.1, 0.15) is 0 Å². The molecule has 11 aromatic carbocycles. The molecule has 1 aliphatic carbocycles. The van der Waals surface area contributed by atoms with Gasteiger partial charge in [-0.2, -0.15) is 0 Å². The van der Waals surface area contributed by atoms with Gasteiger partial charge in [-0.1, -0.05) is 158 Å². The maximum absolute atomic E-state index is 2.55. The summed E-state index contributed by atoms with van der Waals surface area (Å²) in [6.45, 7) is 0. The third-order valence-electron chi connectivity index (χ3n) is 14.1. The van der Waals surface area contributed by atoms with Crippen LogP contribution in [0.25, 0.3) is 126 Å². The van der Waals surface area contributed by atoms with Crippen molar-refractivity contribution in [1.29, 1.82) is 0 Å². The second-order valence-corrected chi connectivity index (χ2v) is 17.6. The molecule has 2 nitrogen and oxygen atoms in total. The first-order valence-corrected chi connectivity index (χ1v) is 22.5. The maximum atomic E-state index is 2.55. The molecular formula is C62H40N2. The molecule has 0 bridgehead atoms. The third-order valence-corrected chi connectivity index (χ3v) is 14.1. The van der Waals surface area contributed by atoms with E-state index in [9.17, 15) is 0 Å². The number of hydrogen-bond acceptors (Lipinski definition) is 0. The highest BCUT2D eigenvalue weighted by atomic mass is 15.0. The van der Waals surface area contributed by atoms with Gasteiger partial charge in [-0.05, 0) is 144 Å². The second-order valence-electron chi connectivity index (χ2n) is 17.6. The van der Waals surface area contributed by atoms with Gasteiger partial charge in [0.25, 0.3) is 0 Å². The summed E-state index contributed by atoms with van der Waals surface area (Å²) in [4.78, 5) is 0. The quantitative estimate of drug-likeness (QED) is 0.157. The van der Waals surface area contributed by atoms with Gasteiger partial charge < -0.3 is 9.13 Å². The lowest BCUT2D eigenvalue weighted by Crippen LogP contribution is -2.02. The average molecular weight is 813 g/mol. The zero-order valence-corrected chi connectivity index (χ0v) is 35.1. The molecule has 2 heteroatoms. The number of rotatable bonds is 4. The predicted molar refractivity (Wildman–Crippen MR) is 273 cm³/mol. The van der Waals surface area contributed by atoms with Gasteiger partial charge in [0.2, 0.25) is 0 Å². The van der Waals surface area contributed by atoms with Gasteiger partial charge in [0.15, 0.2) is 0 Å². The molecule has 1 aliphatic rings. The van der Waals surface area contributed by atoms with Gasteiger partial charge in [-0.15, -0.1) is 0 Å². The lowest BCUT2D eigenvalue weighted by Gasteiger charge is -2.20. The Morgan fingerprint density at radius 1 is 0.297 bits per heavy atom. The van der Waals surface area contributed by atoms with Crippen molar-refractivity contribution >= 4 is 92.6 Å². The summed E-state index contributed by atoms with van der Waals surface area (Å²) in [7, 11) is 0. The topological polar surface area (TPSA) is 9.86 Å². The molecule has 2 aromatic heterocycles. The molecule has 0 amide bonds. The molecule has 298 valence electrons. The molecule has 0 spiro atoms. The Balaban J connectivity index is 1.16. The summed E-state index contributed by atoms with van der Waals surface area (Å²) in [5.74, 6) is 0. The minimum absolute atomic E-state index is 1.04. The van der Waals surface area contributed by atoms with Crippen molar-refractivity contribution in [1.82, 2.24) is 9.13 Å². The van der Waals surface area contributed by atoms with E-state index >= 15 is 0 Å². The highest BCUT2D eigenvalue weighted by Crippen LogP contribution is 2.45. The normalized spacial score (nSPS) is 12.8. The first kappa shape index (κ1) is 35.4. The molecule has 0 N–H and O–H groups in total. The molecule has 0 atom stereocenters. The van der Waals surface area contributed by atoms with Crippen LogP contribution in [0.3, 0.4) is 0 Å². The summed E-state index contributed by atoms with van der Waals surface area (Å²) in [6, 6.07) is 77.2. The molecule has 0 aliphatic heterocycles. The van der Waals surface area contributed by atoms with E-state index in [1.165, 1.54) is 131 Å². The summed E-state index contributed by atoms with van der Waals surface area (Å²) in [6.07, 6.45) is 6.81. The van der Waals surface area contributed by atoms with E-state index in [1.54, 1.807) is 0 Å². The first-order chi connectivity index (χ1) is 31.7. The maximum Gasteiger partial charge on any atom is 0.0547 e. The van der Waals surface area contributed by atoms with Crippen LogP contribution in [-0.2, 0) is 6.42 Å². The van der Waals surface area contributed by atoms with E-state index in [2.05, 4.69) is 228 Å². The van der Waals surface area contributed by atoms with E-state index in [0.717, 1.165) is 12.8 Å². The Hall–Kier alpha value is -8.20. The van der Waals surface area contributed by atoms with Gasteiger partial charge in [0, 0.05) is 32.6 Å². The average Bonchev–Trinajstić information content (AvgIpc) is 3.88. The summed E-state index contributed by atoms with van der Waals surface area (Å²) < 4.78 is 5.06. The van der Waals surface area contributed by atoms with Gasteiger partial charge in [-0.3, -0.25) is 0 Å². The fourth-order valence-electron chi connectivity index (χ4n) is 11.1. The van der Waals surface area contributed by atoms with Crippen LogP contribution < -0.4 is 0 Å². The number of aryl methyl sites for hydroxylation is 1. The molecule has 13 aromatic rings. The standard InChI is InChI=1S/C62H40N2/c1-3-15-41-33-43(27-25-39(41)13-1)45-29-31-51-53(35-45)55-37-62(64-59-23-11-7-19-49(59)50-20-8-12-24-60(50)64)52-32-30-46(44-28-26-40-14-2-4-16-42(40)34-44)36-54(52)56(55)38-61(51)63-57-21-9-5-17-47(57)48-18-6-10-22-58(48)63/h1-7,9-19,21-38H,8,20H2. The van der Waals surface area contributed by atoms with Crippen LogP contribution >= 0.6 is 0 Å². The van der Waals surface area contributed by atoms with E-state index in [0.29, 0.717) is 0 Å². The number of allylic oxidation sites excluding steroid dienone is 1. The summed E-state index contributed by atoms with van der Waals surface area (Å²) in [5, 5.41) is 16.3. The van der Waals surface area contributed by atoms with Crippen LogP contribution in [0, 0.1) is 0 Å². The van der Waals surface area contributed by atoms with Crippen LogP contribution in [0.4, 0.5) is 0 Å². The zero-order valence-electron chi connectivity index (χ0n) is 35.1. The SMILES string of the molecule is C1=Cc2c(c3ccccc3n2-c2cc3c4cc(-c5ccc6ccccc6c5)ccc4c(-n4c5ccccc5c5ccccc54)cc3c3cc(-c4ccc5ccccc5c4)ccc23)CC1. The van der Waals surface area contributed by atoms with Crippen LogP contribution in [-0.4, -0.2) is 9.13 Å². The molecule has 0 saturated carbocycles. The summed E-state index contributed by atoms with van der Waals surface area (Å²) >= 11 is 0. The highest BCUT2D eigenvalue weighted by molar-refractivity contribution is 6.24. The Bertz CT molecular complexity index is 4080. The lowest BCUT2D eigenvalue weighted by molar-refractivity contribution is 0.970. The zero-order chi connectivity index (χ0) is 41.9. The third kappa shape index (κ3) is 5.20. The number of nitrogens with zero attached hydrogens (tertiary/aromatic N) is 2. The molecule has 0 saturated heterocycles. The number of para-hydroxylation sites is 3. The second kappa shape index (κ2) is 13.6. The molecular weight excluding hydrogens is 773 g/mol. The molecule has 2 heterocycles. The first-order valence-electron chi connectivity index (χ1n) is 22.5. The van der Waals surface area contributed by atoms with E-state index in [-0.39, 0.29) is 0 Å². The van der Waals surface area contributed by atoms with Crippen molar-refractivity contribution in [2.24, 2.45) is 0 Å². The van der Waals surface area contributed by atoms with Crippen LogP contribution in [0.1, 0.15) is 17.7 Å². The number of hydrogen-bond donors (Lipinski definition) is 0. The molecule has 0 unspecified atom stereocenters. The van der Waals surface area contributed by atoms with Crippen molar-refractivity contribution in [3.05, 3.63) is 224 Å². The van der Waals surface area contributed by atoms with Gasteiger partial charge in [0.05, 0.1) is 27.9 Å². The molecule has 0 radical (unpaired) electrons. The van der Waals surface area contributed by atoms with Gasteiger partial charge >= 0.3 is 0 Å². The van der Waals surface area contributed by atoms with E-state index < -0.39 is 0 Å². The Kier molecular flexibility index (Phi) is 7.55. The van der Waals surface area contributed by atoms with Crippen molar-refractivity contribution < 1.29 is 0 Å². The van der Waals surface area contributed by atoms with Crippen molar-refractivity contribution in [2.45, 2.75) is 12.8 Å². The smallest absolute Gasteiger partial charge is 0.0547 e. The fourth-order valence-corrected chi connectivity index (χ4v) is 11.1. The number of aromatic nitrogens is 2. The van der Waals surface area contributed by atoms with Crippen LogP contribution in [0.2, 0.25) is 0 Å². The van der Waals surface area contributed by atoms with E-state index in [1.807, 2.05) is 0 Å². The minimum Gasteiger partial charge on any atom is -0.309 e. The largest absolute Gasteiger partial charge is 0.309 e. The summed E-state index contributed by atoms with van der Waals surface area (Å²) in [5.41, 5.74) is 13.6. The number of fused-ring (bicyclic) bond motifs is 13. The fraction of sp³-hybridized carbons (Fsp3) is 0.0323. The van der Waals surface area contributed by atoms with Crippen LogP contribution in [0.5, 0.6) is 0 Å². The van der Waals surface area contributed by atoms with Crippen LogP contribution in [0.15, 0.2) is 212 Å². The Morgan fingerprint density at radius 2 is 0.719 bits per heavy atom. The highest BCUT2D eigenvalue weighted by Gasteiger charge is 2.23. The molecule has 0 fully saturated rings. The minimum atomic E-state index is 1.04. The predicted octanol–water partition coefficient (Wildman–Crippen LogP) is 16.8. The van der Waals surface area contributed by atoms with Crippen molar-refractivity contribution in [3.63, 3.8) is 0 Å². The van der Waals surface area contributed by atoms with Gasteiger partial charge in [-0.25, -0.2) is 0 Å². The monoisotopic (exact) mass is 812 g/mol. The van der Waals surface area contributed by atoms with Crippen molar-refractivity contribution in [3.8, 4) is 33.6 Å². The molecule has 14 rings (SSSR count). The Labute approximate surface area is 370 Å². The van der Waals surface area contributed by atoms with Crippen molar-refractivity contribution in [2.75, 3.05) is 0 Å². The Morgan fingerprint density at radius 3 is 1.28 bits per heavy atom. The lowest BCUT2D eigenvalue weighted by atomic mass is 9.90. The van der Waals surface area contributed by atoms with E-state index in [4.69, 9.17) is 0 Å². The molecule has 64 heavy (non-hydrogen) atoms. The number of benzene rings is 11.